The molecule has 2 aromatic heterocycles. The molecule has 0 atom stereocenters. The number of carbonyl (C=O) groups excluding carboxylic acids is 2. The van der Waals surface area contributed by atoms with Crippen LogP contribution in [0.3, 0.4) is 0 Å². The molecule has 0 saturated heterocycles. The monoisotopic (exact) mass is 820 g/mol. The Kier molecular flexibility index (Phi) is 17.6. The van der Waals surface area contributed by atoms with Crippen molar-refractivity contribution < 1.29 is 17.1 Å². The van der Waals surface area contributed by atoms with Crippen LogP contribution in [0.2, 0.25) is 17.7 Å². The zero-order chi connectivity index (χ0) is 30.1. The Morgan fingerprint density at radius 1 is 0.659 bits per heavy atom. The molecule has 0 radical (unpaired) electrons. The molecule has 7 nitrogen and oxygen atoms in total. The topological polar surface area (TPSA) is 87.6 Å². The van der Waals surface area contributed by atoms with Gasteiger partial charge in [0.05, 0.1) is 0 Å². The van der Waals surface area contributed by atoms with Gasteiger partial charge in [-0.1, -0.05) is 0 Å². The SMILES string of the molecule is CCC[CH2][Sn]([CH2]CCC)([O]C(=O)c1cccnc1SC)[O][Sn]([CH2]CCC)([CH2]CCC)[O]C(=O)c1cccnc1SC. The maximum atomic E-state index is 13.8. The number of hydrogen-bond donors (Lipinski definition) is 0. The molecular formula is C30H48N2O5S2Sn2. The first-order valence-electron chi connectivity index (χ1n) is 15.0. The molecule has 0 saturated carbocycles. The van der Waals surface area contributed by atoms with Crippen LogP contribution in [-0.4, -0.2) is 72.8 Å². The van der Waals surface area contributed by atoms with E-state index in [4.69, 9.17) is 7.56 Å². The van der Waals surface area contributed by atoms with Crippen molar-refractivity contribution >= 4 is 73.9 Å². The van der Waals surface area contributed by atoms with E-state index in [1.54, 1.807) is 36.7 Å². The number of carbonyl (C=O) groups is 2. The van der Waals surface area contributed by atoms with E-state index in [0.29, 0.717) is 21.2 Å². The van der Waals surface area contributed by atoms with Crippen LogP contribution in [0, 0.1) is 0 Å². The van der Waals surface area contributed by atoms with Crippen molar-refractivity contribution in [3.05, 3.63) is 47.8 Å². The predicted molar refractivity (Wildman–Crippen MR) is 174 cm³/mol. The molecule has 41 heavy (non-hydrogen) atoms. The molecule has 0 aliphatic rings. The summed E-state index contributed by atoms with van der Waals surface area (Å²) in [6.07, 6.45) is 14.8. The average Bonchev–Trinajstić information content (AvgIpc) is 3.00. The van der Waals surface area contributed by atoms with Gasteiger partial charge in [0, 0.05) is 0 Å². The Labute approximate surface area is 266 Å². The molecular weight excluding hydrogens is 770 g/mol. The summed E-state index contributed by atoms with van der Waals surface area (Å²) in [6, 6.07) is 7.12. The van der Waals surface area contributed by atoms with Gasteiger partial charge in [-0.25, -0.2) is 0 Å². The molecule has 2 heterocycles. The maximum absolute atomic E-state index is 13.8. The van der Waals surface area contributed by atoms with Crippen LogP contribution >= 0.6 is 23.5 Å². The summed E-state index contributed by atoms with van der Waals surface area (Å²) in [5.74, 6) is -0.695. The number of pyridine rings is 2. The second kappa shape index (κ2) is 19.7. The molecule has 0 spiro atoms. The van der Waals surface area contributed by atoms with Gasteiger partial charge in [0.2, 0.25) is 0 Å². The van der Waals surface area contributed by atoms with E-state index in [1.165, 1.54) is 23.5 Å². The first kappa shape index (κ1) is 36.7. The van der Waals surface area contributed by atoms with Crippen LogP contribution in [0.4, 0.5) is 0 Å². The summed E-state index contributed by atoms with van der Waals surface area (Å²) in [7, 11) is 0. The van der Waals surface area contributed by atoms with Gasteiger partial charge in [-0.3, -0.25) is 0 Å². The third-order valence-electron chi connectivity index (χ3n) is 6.94. The Morgan fingerprint density at radius 2 is 1.00 bits per heavy atom. The van der Waals surface area contributed by atoms with Gasteiger partial charge in [0.15, 0.2) is 0 Å². The first-order chi connectivity index (χ1) is 19.8. The zero-order valence-electron chi connectivity index (χ0n) is 25.7. The van der Waals surface area contributed by atoms with E-state index >= 15 is 0 Å². The van der Waals surface area contributed by atoms with E-state index in [0.717, 1.165) is 69.1 Å². The van der Waals surface area contributed by atoms with E-state index in [9.17, 15) is 9.59 Å². The molecule has 0 bridgehead atoms. The number of nitrogens with zero attached hydrogens (tertiary/aromatic N) is 2. The Bertz CT molecular complexity index is 993. The van der Waals surface area contributed by atoms with Crippen molar-refractivity contribution in [3.63, 3.8) is 0 Å². The van der Waals surface area contributed by atoms with Gasteiger partial charge in [-0.15, -0.1) is 0 Å². The van der Waals surface area contributed by atoms with Crippen LogP contribution in [0.25, 0.3) is 0 Å². The van der Waals surface area contributed by atoms with Crippen molar-refractivity contribution in [1.82, 2.24) is 9.97 Å². The third-order valence-corrected chi connectivity index (χ3v) is 40.7. The molecule has 0 amide bonds. The van der Waals surface area contributed by atoms with Crippen molar-refractivity contribution in [1.29, 1.82) is 0 Å². The van der Waals surface area contributed by atoms with Crippen LogP contribution in [0.5, 0.6) is 0 Å². The van der Waals surface area contributed by atoms with Gasteiger partial charge in [0.25, 0.3) is 0 Å². The molecule has 0 N–H and O–H groups in total. The van der Waals surface area contributed by atoms with Crippen molar-refractivity contribution in [3.8, 4) is 0 Å². The minimum atomic E-state index is -4.15. The molecule has 2 rings (SSSR count). The number of rotatable bonds is 20. The van der Waals surface area contributed by atoms with Crippen LogP contribution < -0.4 is 0 Å². The quantitative estimate of drug-likeness (QED) is 0.0960. The Balaban J connectivity index is 2.61. The molecule has 0 aliphatic heterocycles. The van der Waals surface area contributed by atoms with E-state index < -0.39 is 38.4 Å². The van der Waals surface area contributed by atoms with Crippen LogP contribution in [0.1, 0.15) is 99.8 Å². The summed E-state index contributed by atoms with van der Waals surface area (Å²) < 4.78 is 23.8. The van der Waals surface area contributed by atoms with Crippen molar-refractivity contribution in [2.45, 2.75) is 107 Å². The number of aromatic nitrogens is 2. The minimum absolute atomic E-state index is 0.347. The second-order valence-corrected chi connectivity index (χ2v) is 33.6. The second-order valence-electron chi connectivity index (χ2n) is 10.2. The van der Waals surface area contributed by atoms with Gasteiger partial charge in [0.1, 0.15) is 0 Å². The summed E-state index contributed by atoms with van der Waals surface area (Å²) in [5, 5.41) is 1.31. The van der Waals surface area contributed by atoms with Crippen LogP contribution in [-0.2, 0) is 7.56 Å². The molecule has 11 heteroatoms. The fourth-order valence-corrected chi connectivity index (χ4v) is 46.8. The van der Waals surface area contributed by atoms with Gasteiger partial charge >= 0.3 is 268 Å². The van der Waals surface area contributed by atoms with Gasteiger partial charge < -0.3 is 0 Å². The molecule has 2 aromatic rings. The summed E-state index contributed by atoms with van der Waals surface area (Å²) in [6.45, 7) is 8.62. The normalized spacial score (nSPS) is 11.9. The molecule has 0 aliphatic carbocycles. The Hall–Kier alpha value is -0.503. The molecule has 0 unspecified atom stereocenters. The van der Waals surface area contributed by atoms with E-state index in [2.05, 4.69) is 37.7 Å². The summed E-state index contributed by atoms with van der Waals surface area (Å²) >= 11 is -5.42. The van der Waals surface area contributed by atoms with Gasteiger partial charge in [-0.05, 0) is 0 Å². The predicted octanol–water partition coefficient (Wildman–Crippen LogP) is 9.04. The number of hydrogen-bond acceptors (Lipinski definition) is 9. The van der Waals surface area contributed by atoms with Crippen LogP contribution in [0.15, 0.2) is 46.7 Å². The summed E-state index contributed by atoms with van der Waals surface area (Å²) in [5.41, 5.74) is 0.968. The standard InChI is InChI=1S/2C7H7NO2S.4C4H9.O.2Sn/c2*1-11-6-5(7(9)10)3-2-4-8-6;4*1-3-4-2;;;/h2*2-4H,1H3,(H,9,10);4*1,3-4H2,2H3;;;/q;;;;;;;2*+1/p-2. The van der Waals surface area contributed by atoms with Gasteiger partial charge in [-0.2, -0.15) is 0 Å². The number of unbranched alkanes of at least 4 members (excludes halogenated alkanes) is 4. The average molecular weight is 818 g/mol. The van der Waals surface area contributed by atoms with E-state index in [1.807, 2.05) is 12.5 Å². The third kappa shape index (κ3) is 11.5. The first-order valence-corrected chi connectivity index (χ1v) is 30.2. The van der Waals surface area contributed by atoms with Crippen molar-refractivity contribution in [2.75, 3.05) is 12.5 Å². The number of thioether (sulfide) groups is 2. The zero-order valence-corrected chi connectivity index (χ0v) is 33.0. The molecule has 0 aromatic carbocycles. The summed E-state index contributed by atoms with van der Waals surface area (Å²) in [4.78, 5) is 36.4. The van der Waals surface area contributed by atoms with E-state index in [-0.39, 0.29) is 11.9 Å². The Morgan fingerprint density at radius 3 is 1.29 bits per heavy atom. The molecule has 228 valence electrons. The fraction of sp³-hybridized carbons (Fsp3) is 0.600. The fourth-order valence-electron chi connectivity index (χ4n) is 4.69. The molecule has 0 fully saturated rings. The van der Waals surface area contributed by atoms with Crippen molar-refractivity contribution in [2.24, 2.45) is 0 Å².